The van der Waals surface area contributed by atoms with Crippen LogP contribution < -0.4 is 11.5 Å². The fraction of sp³-hybridized carbons (Fsp3) is 1.00. The third-order valence-electron chi connectivity index (χ3n) is 2.51. The number of hydrogen-bond acceptors (Lipinski definition) is 4. The smallest absolute Gasteiger partial charge is 0.264 e. The van der Waals surface area contributed by atoms with Gasteiger partial charge in [0, 0.05) is 12.1 Å². The zero-order valence-electron chi connectivity index (χ0n) is 9.93. The molecule has 0 radical (unpaired) electrons. The summed E-state index contributed by atoms with van der Waals surface area (Å²) >= 11 is 0. The summed E-state index contributed by atoms with van der Waals surface area (Å²) in [7, 11) is -3.69. The molecule has 5 nitrogen and oxygen atoms in total. The van der Waals surface area contributed by atoms with Gasteiger partial charge in [0.15, 0.2) is 0 Å². The Labute approximate surface area is 98.3 Å². The van der Waals surface area contributed by atoms with Crippen molar-refractivity contribution in [3.8, 4) is 0 Å². The van der Waals surface area contributed by atoms with Gasteiger partial charge in [-0.3, -0.25) is 4.55 Å². The van der Waals surface area contributed by atoms with Gasteiger partial charge in [-0.15, -0.1) is 0 Å². The number of nitrogens with two attached hydrogens (primary N) is 2. The molecule has 0 aromatic carbocycles. The van der Waals surface area contributed by atoms with Crippen LogP contribution in [0.5, 0.6) is 0 Å². The van der Waals surface area contributed by atoms with Gasteiger partial charge in [-0.1, -0.05) is 19.8 Å². The Kier molecular flexibility index (Phi) is 7.91. The molecular formula is C10H24N2O3S. The molecule has 5 N–H and O–H groups in total. The normalized spacial score (nSPS) is 25.8. The van der Waals surface area contributed by atoms with Crippen molar-refractivity contribution in [2.45, 2.75) is 57.5 Å². The van der Waals surface area contributed by atoms with Crippen molar-refractivity contribution >= 4 is 10.1 Å². The van der Waals surface area contributed by atoms with Gasteiger partial charge in [-0.2, -0.15) is 8.42 Å². The first kappa shape index (κ1) is 15.8. The second-order valence-electron chi connectivity index (χ2n) is 4.33. The zero-order valence-corrected chi connectivity index (χ0v) is 10.7. The third kappa shape index (κ3) is 10.4. The first-order valence-electron chi connectivity index (χ1n) is 5.81. The predicted molar refractivity (Wildman–Crippen MR) is 65.7 cm³/mol. The lowest BCUT2D eigenvalue weighted by atomic mass is 9.92. The molecule has 6 heteroatoms. The van der Waals surface area contributed by atoms with Crippen molar-refractivity contribution < 1.29 is 13.0 Å². The Morgan fingerprint density at radius 1 is 1.25 bits per heavy atom. The lowest BCUT2D eigenvalue weighted by molar-refractivity contribution is 0.392. The van der Waals surface area contributed by atoms with Gasteiger partial charge in [0.25, 0.3) is 10.1 Å². The van der Waals surface area contributed by atoms with Crippen LogP contribution in [0.2, 0.25) is 0 Å². The molecule has 0 saturated heterocycles. The van der Waals surface area contributed by atoms with Gasteiger partial charge in [-0.05, 0) is 25.7 Å². The Morgan fingerprint density at radius 2 is 1.75 bits per heavy atom. The minimum Gasteiger partial charge on any atom is -0.328 e. The lowest BCUT2D eigenvalue weighted by Gasteiger charge is -2.22. The number of unbranched alkanes of at least 4 members (excludes halogenated alkanes) is 1. The van der Waals surface area contributed by atoms with Crippen molar-refractivity contribution in [3.05, 3.63) is 0 Å². The average Bonchev–Trinajstić information content (AvgIpc) is 2.14. The summed E-state index contributed by atoms with van der Waals surface area (Å²) in [5.41, 5.74) is 11.3. The van der Waals surface area contributed by atoms with Crippen LogP contribution in [-0.4, -0.2) is 30.8 Å². The molecule has 0 amide bonds. The van der Waals surface area contributed by atoms with Crippen molar-refractivity contribution in [1.82, 2.24) is 0 Å². The summed E-state index contributed by atoms with van der Waals surface area (Å²) in [5.74, 6) is -0.108. The minimum atomic E-state index is -3.69. The van der Waals surface area contributed by atoms with Gasteiger partial charge in [0.05, 0.1) is 5.75 Å². The van der Waals surface area contributed by atoms with Crippen LogP contribution in [0.1, 0.15) is 45.4 Å². The molecule has 1 rings (SSSR count). The largest absolute Gasteiger partial charge is 0.328 e. The van der Waals surface area contributed by atoms with E-state index >= 15 is 0 Å². The van der Waals surface area contributed by atoms with Gasteiger partial charge >= 0.3 is 0 Å². The van der Waals surface area contributed by atoms with Crippen LogP contribution >= 0.6 is 0 Å². The predicted octanol–water partition coefficient (Wildman–Crippen LogP) is 0.889. The highest BCUT2D eigenvalue weighted by Crippen LogP contribution is 2.14. The van der Waals surface area contributed by atoms with Crippen LogP contribution in [0.15, 0.2) is 0 Å². The molecule has 2 unspecified atom stereocenters. The maximum absolute atomic E-state index is 9.95. The first-order chi connectivity index (χ1) is 7.35. The van der Waals surface area contributed by atoms with Crippen molar-refractivity contribution in [2.75, 3.05) is 5.75 Å². The summed E-state index contributed by atoms with van der Waals surface area (Å²) in [6.07, 6.45) is 5.93. The van der Waals surface area contributed by atoms with Crippen LogP contribution in [0, 0.1) is 0 Å². The molecule has 98 valence electrons. The summed E-state index contributed by atoms with van der Waals surface area (Å²) in [4.78, 5) is 0. The first-order valence-corrected chi connectivity index (χ1v) is 7.42. The molecular weight excluding hydrogens is 228 g/mol. The molecule has 1 fully saturated rings. The third-order valence-corrected chi connectivity index (χ3v) is 3.32. The van der Waals surface area contributed by atoms with Crippen LogP contribution in [0.4, 0.5) is 0 Å². The summed E-state index contributed by atoms with van der Waals surface area (Å²) in [6.45, 7) is 1.87. The van der Waals surface area contributed by atoms with E-state index in [4.69, 9.17) is 16.0 Å². The van der Waals surface area contributed by atoms with Crippen molar-refractivity contribution in [1.29, 1.82) is 0 Å². The molecule has 1 aliphatic carbocycles. The molecule has 0 aromatic rings. The molecule has 0 aliphatic heterocycles. The number of rotatable bonds is 3. The molecule has 0 heterocycles. The fourth-order valence-electron chi connectivity index (χ4n) is 1.59. The van der Waals surface area contributed by atoms with Gasteiger partial charge in [0.1, 0.15) is 0 Å². The monoisotopic (exact) mass is 252 g/mol. The van der Waals surface area contributed by atoms with E-state index in [9.17, 15) is 8.42 Å². The second-order valence-corrected chi connectivity index (χ2v) is 5.90. The van der Waals surface area contributed by atoms with Gasteiger partial charge in [0.2, 0.25) is 0 Å². The van der Waals surface area contributed by atoms with Crippen molar-refractivity contribution in [2.24, 2.45) is 11.5 Å². The van der Waals surface area contributed by atoms with E-state index in [2.05, 4.69) is 0 Å². The maximum Gasteiger partial charge on any atom is 0.264 e. The highest BCUT2D eigenvalue weighted by Gasteiger charge is 2.14. The second kappa shape index (κ2) is 8.00. The average molecular weight is 252 g/mol. The standard InChI is InChI=1S/C6H14N2.C4H10O3S/c7-5-2-1-3-6(8)4-5;1-2-3-4-8(5,6)7/h5-6H,1-4,7-8H2;2-4H2,1H3,(H,5,6,7). The maximum atomic E-state index is 9.95. The Hall–Kier alpha value is -0.170. The highest BCUT2D eigenvalue weighted by atomic mass is 32.2. The van der Waals surface area contributed by atoms with Crippen LogP contribution in [0.3, 0.4) is 0 Å². The molecule has 0 spiro atoms. The molecule has 1 aliphatic rings. The minimum absolute atomic E-state index is 0.108. The Bertz CT molecular complexity index is 259. The summed E-state index contributed by atoms with van der Waals surface area (Å²) in [6, 6.07) is 0.775. The van der Waals surface area contributed by atoms with Crippen LogP contribution in [-0.2, 0) is 10.1 Å². The van der Waals surface area contributed by atoms with E-state index in [1.54, 1.807) is 0 Å². The topological polar surface area (TPSA) is 106 Å². The van der Waals surface area contributed by atoms with E-state index in [0.717, 1.165) is 12.8 Å². The zero-order chi connectivity index (χ0) is 12.6. The summed E-state index contributed by atoms with van der Waals surface area (Å²) < 4.78 is 28.0. The highest BCUT2D eigenvalue weighted by molar-refractivity contribution is 7.85. The Morgan fingerprint density at radius 3 is 1.94 bits per heavy atom. The van der Waals surface area contributed by atoms with Gasteiger partial charge in [-0.25, -0.2) is 0 Å². The van der Waals surface area contributed by atoms with E-state index in [1.165, 1.54) is 19.3 Å². The van der Waals surface area contributed by atoms with E-state index < -0.39 is 10.1 Å². The van der Waals surface area contributed by atoms with E-state index in [-0.39, 0.29) is 5.75 Å². The molecule has 0 bridgehead atoms. The summed E-state index contributed by atoms with van der Waals surface area (Å²) in [5, 5.41) is 0. The quantitative estimate of drug-likeness (QED) is 0.647. The van der Waals surface area contributed by atoms with Crippen LogP contribution in [0.25, 0.3) is 0 Å². The molecule has 1 saturated carbocycles. The lowest BCUT2D eigenvalue weighted by Crippen LogP contribution is -2.35. The van der Waals surface area contributed by atoms with Gasteiger partial charge < -0.3 is 11.5 Å². The molecule has 16 heavy (non-hydrogen) atoms. The molecule has 2 atom stereocenters. The Balaban J connectivity index is 0.000000281. The van der Waals surface area contributed by atoms with E-state index in [0.29, 0.717) is 18.5 Å². The number of hydrogen-bond donors (Lipinski definition) is 3. The molecule has 0 aromatic heterocycles. The van der Waals surface area contributed by atoms with Crippen molar-refractivity contribution in [3.63, 3.8) is 0 Å². The van der Waals surface area contributed by atoms with E-state index in [1.807, 2.05) is 6.92 Å². The SMILES string of the molecule is CCCCS(=O)(=O)O.NC1CCCC(N)C1. The fourth-order valence-corrected chi connectivity index (χ4v) is 2.25.